The molecule has 2 heterocycles. The van der Waals surface area contributed by atoms with Gasteiger partial charge in [-0.1, -0.05) is 6.92 Å². The number of fused-ring (bicyclic) bond motifs is 1. The van der Waals surface area contributed by atoms with E-state index in [-0.39, 0.29) is 17.0 Å². The van der Waals surface area contributed by atoms with Gasteiger partial charge in [0.15, 0.2) is 5.03 Å². The van der Waals surface area contributed by atoms with Gasteiger partial charge in [0.1, 0.15) is 5.82 Å². The largest absolute Gasteiger partial charge is 0.393 e. The molecule has 6 nitrogen and oxygen atoms in total. The van der Waals surface area contributed by atoms with Crippen molar-refractivity contribution in [1.82, 2.24) is 14.3 Å². The van der Waals surface area contributed by atoms with Crippen molar-refractivity contribution < 1.29 is 13.5 Å². The SMILES string of the molecule is CCc1ncc(S(=O)(=O)N2CC3CCC(O)C3C2)[nH]1. The highest BCUT2D eigenvalue weighted by atomic mass is 32.2. The molecule has 0 amide bonds. The van der Waals surface area contributed by atoms with Crippen LogP contribution in [-0.4, -0.2) is 47.0 Å². The zero-order valence-electron chi connectivity index (χ0n) is 10.9. The van der Waals surface area contributed by atoms with Gasteiger partial charge < -0.3 is 10.1 Å². The van der Waals surface area contributed by atoms with Crippen LogP contribution in [0.5, 0.6) is 0 Å². The molecule has 3 atom stereocenters. The fourth-order valence-electron chi connectivity index (χ4n) is 3.19. The lowest BCUT2D eigenvalue weighted by atomic mass is 10.00. The molecule has 2 N–H and O–H groups in total. The number of aromatic amines is 1. The van der Waals surface area contributed by atoms with Crippen molar-refractivity contribution in [2.24, 2.45) is 11.8 Å². The average molecular weight is 285 g/mol. The van der Waals surface area contributed by atoms with Crippen molar-refractivity contribution in [3.63, 3.8) is 0 Å². The van der Waals surface area contributed by atoms with Gasteiger partial charge in [0, 0.05) is 25.4 Å². The van der Waals surface area contributed by atoms with Crippen LogP contribution in [0.3, 0.4) is 0 Å². The van der Waals surface area contributed by atoms with Crippen LogP contribution in [0.4, 0.5) is 0 Å². The summed E-state index contributed by atoms with van der Waals surface area (Å²) in [6.07, 6.45) is 3.44. The van der Waals surface area contributed by atoms with E-state index in [9.17, 15) is 13.5 Å². The number of hydrogen-bond acceptors (Lipinski definition) is 4. The summed E-state index contributed by atoms with van der Waals surface area (Å²) >= 11 is 0. The second-order valence-electron chi connectivity index (χ2n) is 5.44. The second-order valence-corrected chi connectivity index (χ2v) is 7.34. The lowest BCUT2D eigenvalue weighted by molar-refractivity contribution is 0.129. The zero-order chi connectivity index (χ0) is 13.6. The molecule has 1 aliphatic carbocycles. The van der Waals surface area contributed by atoms with Gasteiger partial charge in [0.2, 0.25) is 0 Å². The third kappa shape index (κ3) is 2.09. The maximum absolute atomic E-state index is 12.5. The number of aliphatic hydroxyl groups excluding tert-OH is 1. The predicted octanol–water partition coefficient (Wildman–Crippen LogP) is 0.364. The number of nitrogens with one attached hydrogen (secondary N) is 1. The van der Waals surface area contributed by atoms with Crippen molar-refractivity contribution >= 4 is 10.0 Å². The Morgan fingerprint density at radius 2 is 2.26 bits per heavy atom. The molecule has 1 aromatic heterocycles. The fourth-order valence-corrected chi connectivity index (χ4v) is 4.65. The summed E-state index contributed by atoms with van der Waals surface area (Å²) in [7, 11) is -3.49. The Balaban J connectivity index is 1.82. The van der Waals surface area contributed by atoms with E-state index in [4.69, 9.17) is 0 Å². The van der Waals surface area contributed by atoms with Gasteiger partial charge in [0.05, 0.1) is 12.3 Å². The number of aryl methyl sites for hydroxylation is 1. The van der Waals surface area contributed by atoms with E-state index >= 15 is 0 Å². The molecule has 0 aromatic carbocycles. The second kappa shape index (κ2) is 4.57. The number of nitrogens with zero attached hydrogens (tertiary/aromatic N) is 2. The van der Waals surface area contributed by atoms with E-state index in [1.54, 1.807) is 0 Å². The standard InChI is InChI=1S/C12H19N3O3S/c1-2-11-13-5-12(14-11)19(17,18)15-6-8-3-4-10(16)9(8)7-15/h5,8-10,16H,2-4,6-7H2,1H3,(H,13,14). The van der Waals surface area contributed by atoms with Crippen LogP contribution in [0.25, 0.3) is 0 Å². The first kappa shape index (κ1) is 13.1. The number of aliphatic hydroxyl groups is 1. The molecule has 106 valence electrons. The fraction of sp³-hybridized carbons (Fsp3) is 0.750. The molecule has 1 saturated carbocycles. The highest BCUT2D eigenvalue weighted by Crippen LogP contribution is 2.39. The molecule has 3 rings (SSSR count). The van der Waals surface area contributed by atoms with Crippen LogP contribution >= 0.6 is 0 Å². The Morgan fingerprint density at radius 3 is 2.89 bits per heavy atom. The lowest BCUT2D eigenvalue weighted by Gasteiger charge is -2.17. The van der Waals surface area contributed by atoms with Crippen LogP contribution in [0.2, 0.25) is 0 Å². The minimum absolute atomic E-state index is 0.100. The number of rotatable bonds is 3. The molecule has 0 spiro atoms. The molecule has 7 heteroatoms. The van der Waals surface area contributed by atoms with Gasteiger partial charge in [-0.3, -0.25) is 0 Å². The van der Waals surface area contributed by atoms with Gasteiger partial charge in [-0.25, -0.2) is 13.4 Å². The molecule has 19 heavy (non-hydrogen) atoms. The first-order chi connectivity index (χ1) is 9.02. The van der Waals surface area contributed by atoms with Crippen LogP contribution in [0, 0.1) is 11.8 Å². The minimum atomic E-state index is -3.49. The van der Waals surface area contributed by atoms with E-state index in [0.29, 0.717) is 31.3 Å². The van der Waals surface area contributed by atoms with E-state index < -0.39 is 10.0 Å². The van der Waals surface area contributed by atoms with E-state index in [1.165, 1.54) is 10.5 Å². The van der Waals surface area contributed by atoms with Crippen LogP contribution in [-0.2, 0) is 16.4 Å². The Labute approximate surface area is 112 Å². The number of aromatic nitrogens is 2. The molecule has 3 unspecified atom stereocenters. The Hall–Kier alpha value is -0.920. The van der Waals surface area contributed by atoms with E-state index in [1.807, 2.05) is 6.92 Å². The van der Waals surface area contributed by atoms with Gasteiger partial charge in [-0.05, 0) is 18.8 Å². The minimum Gasteiger partial charge on any atom is -0.393 e. The maximum atomic E-state index is 12.5. The Bertz CT molecular complexity index is 569. The highest BCUT2D eigenvalue weighted by molar-refractivity contribution is 7.89. The lowest BCUT2D eigenvalue weighted by Crippen LogP contribution is -2.31. The van der Waals surface area contributed by atoms with Crippen molar-refractivity contribution in [2.75, 3.05) is 13.1 Å². The molecular weight excluding hydrogens is 266 g/mol. The monoisotopic (exact) mass is 285 g/mol. The van der Waals surface area contributed by atoms with E-state index in [2.05, 4.69) is 9.97 Å². The summed E-state index contributed by atoms with van der Waals surface area (Å²) in [5.74, 6) is 1.08. The zero-order valence-corrected chi connectivity index (χ0v) is 11.7. The van der Waals surface area contributed by atoms with Gasteiger partial charge in [-0.15, -0.1) is 0 Å². The Morgan fingerprint density at radius 1 is 1.47 bits per heavy atom. The number of sulfonamides is 1. The molecular formula is C12H19N3O3S. The third-order valence-corrected chi connectivity index (χ3v) is 6.08. The summed E-state index contributed by atoms with van der Waals surface area (Å²) in [6.45, 7) is 2.87. The Kier molecular flexibility index (Phi) is 3.15. The number of imidazole rings is 1. The van der Waals surface area contributed by atoms with Gasteiger partial charge >= 0.3 is 0 Å². The molecule has 1 aromatic rings. The summed E-state index contributed by atoms with van der Waals surface area (Å²) in [5.41, 5.74) is 0. The molecule has 0 radical (unpaired) electrons. The first-order valence-electron chi connectivity index (χ1n) is 6.74. The topological polar surface area (TPSA) is 86.3 Å². The number of H-pyrrole nitrogens is 1. The van der Waals surface area contributed by atoms with Crippen molar-refractivity contribution in [2.45, 2.75) is 37.3 Å². The third-order valence-electron chi connectivity index (χ3n) is 4.34. The summed E-state index contributed by atoms with van der Waals surface area (Å²) in [4.78, 5) is 6.90. The molecule has 2 fully saturated rings. The van der Waals surface area contributed by atoms with Crippen molar-refractivity contribution in [3.8, 4) is 0 Å². The summed E-state index contributed by atoms with van der Waals surface area (Å²) in [5, 5.41) is 10.0. The molecule has 0 bridgehead atoms. The normalized spacial score (nSPS) is 31.8. The molecule has 1 aliphatic heterocycles. The predicted molar refractivity (Wildman–Crippen MR) is 68.9 cm³/mol. The molecule has 1 saturated heterocycles. The quantitative estimate of drug-likeness (QED) is 0.840. The highest BCUT2D eigenvalue weighted by Gasteiger charge is 2.46. The van der Waals surface area contributed by atoms with Crippen molar-refractivity contribution in [1.29, 1.82) is 0 Å². The number of hydrogen-bond donors (Lipinski definition) is 2. The average Bonchev–Trinajstić information content (AvgIpc) is 3.06. The van der Waals surface area contributed by atoms with E-state index in [0.717, 1.165) is 12.8 Å². The van der Waals surface area contributed by atoms with Gasteiger partial charge in [0.25, 0.3) is 10.0 Å². The first-order valence-corrected chi connectivity index (χ1v) is 8.18. The van der Waals surface area contributed by atoms with Crippen molar-refractivity contribution in [3.05, 3.63) is 12.0 Å². The smallest absolute Gasteiger partial charge is 0.260 e. The van der Waals surface area contributed by atoms with Crippen LogP contribution in [0.15, 0.2) is 11.2 Å². The summed E-state index contributed by atoms with van der Waals surface area (Å²) < 4.78 is 26.4. The molecule has 2 aliphatic rings. The maximum Gasteiger partial charge on any atom is 0.260 e. The van der Waals surface area contributed by atoms with Crippen LogP contribution in [0.1, 0.15) is 25.6 Å². The van der Waals surface area contributed by atoms with Crippen LogP contribution < -0.4 is 0 Å². The summed E-state index contributed by atoms with van der Waals surface area (Å²) in [6, 6.07) is 0. The van der Waals surface area contributed by atoms with Gasteiger partial charge in [-0.2, -0.15) is 4.31 Å².